The molecule has 0 aliphatic heterocycles. The van der Waals surface area contributed by atoms with Gasteiger partial charge in [-0.1, -0.05) is 23.2 Å². The van der Waals surface area contributed by atoms with Crippen LogP contribution in [0.25, 0.3) is 0 Å². The molecule has 2 aromatic carbocycles. The number of nitro groups is 3. The first kappa shape index (κ1) is 24.0. The molecular formula is C13H3Br2Cl2F3N4O6. The molecule has 2 rings (SSSR count). The number of hydrogen-bond acceptors (Lipinski definition) is 7. The molecule has 0 saturated carbocycles. The van der Waals surface area contributed by atoms with Crippen LogP contribution in [0.1, 0.15) is 5.56 Å². The Morgan fingerprint density at radius 1 is 0.833 bits per heavy atom. The molecule has 0 bridgehead atoms. The fraction of sp³-hybridized carbons (Fsp3) is 0.0769. The Morgan fingerprint density at radius 2 is 1.30 bits per heavy atom. The summed E-state index contributed by atoms with van der Waals surface area (Å²) < 4.78 is 39.1. The summed E-state index contributed by atoms with van der Waals surface area (Å²) in [7, 11) is 0. The van der Waals surface area contributed by atoms with Crippen LogP contribution in [0.5, 0.6) is 0 Å². The van der Waals surface area contributed by atoms with Gasteiger partial charge in [0.1, 0.15) is 0 Å². The van der Waals surface area contributed by atoms with Gasteiger partial charge in [-0.2, -0.15) is 13.2 Å². The smallest absolute Gasteiger partial charge is 0.342 e. The molecule has 0 atom stereocenters. The summed E-state index contributed by atoms with van der Waals surface area (Å²) in [4.78, 5) is 30.2. The maximum absolute atomic E-state index is 13.4. The topological polar surface area (TPSA) is 141 Å². The normalized spacial score (nSPS) is 11.3. The van der Waals surface area contributed by atoms with Crippen molar-refractivity contribution in [2.24, 2.45) is 0 Å². The van der Waals surface area contributed by atoms with Gasteiger partial charge in [-0.3, -0.25) is 30.3 Å². The highest BCUT2D eigenvalue weighted by molar-refractivity contribution is 9.11. The number of anilines is 2. The second-order valence-electron chi connectivity index (χ2n) is 5.26. The van der Waals surface area contributed by atoms with Crippen molar-refractivity contribution in [3.8, 4) is 0 Å². The number of halogens is 7. The molecule has 0 saturated heterocycles. The highest BCUT2D eigenvalue weighted by Crippen LogP contribution is 2.52. The van der Waals surface area contributed by atoms with E-state index in [1.54, 1.807) is 0 Å². The lowest BCUT2D eigenvalue weighted by Crippen LogP contribution is -2.10. The molecule has 1 N–H and O–H groups in total. The molecule has 0 spiro atoms. The molecule has 0 heterocycles. The van der Waals surface area contributed by atoms with Gasteiger partial charge in [0.05, 0.1) is 57.1 Å². The van der Waals surface area contributed by atoms with Gasteiger partial charge < -0.3 is 5.32 Å². The number of benzene rings is 2. The number of nitrogens with zero attached hydrogens (tertiary/aromatic N) is 3. The van der Waals surface area contributed by atoms with Gasteiger partial charge in [-0.05, 0) is 31.9 Å². The molecule has 0 amide bonds. The van der Waals surface area contributed by atoms with Gasteiger partial charge in [-0.25, -0.2) is 0 Å². The highest BCUT2D eigenvalue weighted by Gasteiger charge is 2.40. The number of rotatable bonds is 5. The van der Waals surface area contributed by atoms with E-state index in [-0.39, 0.29) is 4.47 Å². The van der Waals surface area contributed by atoms with Crippen LogP contribution in [-0.2, 0) is 6.18 Å². The van der Waals surface area contributed by atoms with E-state index >= 15 is 0 Å². The van der Waals surface area contributed by atoms with Gasteiger partial charge >= 0.3 is 17.6 Å². The molecule has 0 unspecified atom stereocenters. The molecule has 0 aliphatic rings. The van der Waals surface area contributed by atoms with E-state index in [1.807, 2.05) is 0 Å². The Balaban J connectivity index is 2.89. The molecule has 0 aliphatic carbocycles. The van der Waals surface area contributed by atoms with Crippen LogP contribution in [0.4, 0.5) is 41.6 Å². The highest BCUT2D eigenvalue weighted by atomic mass is 79.9. The summed E-state index contributed by atoms with van der Waals surface area (Å²) in [6.45, 7) is 0. The minimum absolute atomic E-state index is 0.309. The third-order valence-corrected chi connectivity index (χ3v) is 6.15. The largest absolute Gasteiger partial charge is 0.419 e. The van der Waals surface area contributed by atoms with E-state index in [4.69, 9.17) is 23.2 Å². The van der Waals surface area contributed by atoms with Crippen molar-refractivity contribution < 1.29 is 27.9 Å². The van der Waals surface area contributed by atoms with E-state index in [0.717, 1.165) is 0 Å². The quantitative estimate of drug-likeness (QED) is 0.169. The zero-order valence-electron chi connectivity index (χ0n) is 13.6. The Morgan fingerprint density at radius 3 is 1.67 bits per heavy atom. The molecule has 2 aromatic rings. The lowest BCUT2D eigenvalue weighted by Gasteiger charge is -2.19. The summed E-state index contributed by atoms with van der Waals surface area (Å²) in [5.41, 5.74) is -6.18. The molecular weight excluding hydrogens is 596 g/mol. The van der Waals surface area contributed by atoms with Crippen LogP contribution in [0, 0.1) is 30.3 Å². The van der Waals surface area contributed by atoms with Crippen molar-refractivity contribution in [2.45, 2.75) is 6.18 Å². The SMILES string of the molecule is O=[N+]([O-])c1cc([N+](=O)[O-])c(Nc2c(Br)c(Cl)c(Cl)c(C(F)(F)F)c2Br)c([N+](=O)[O-])c1. The van der Waals surface area contributed by atoms with Crippen LogP contribution < -0.4 is 5.32 Å². The van der Waals surface area contributed by atoms with Crippen molar-refractivity contribution in [1.29, 1.82) is 0 Å². The van der Waals surface area contributed by atoms with E-state index in [1.165, 1.54) is 0 Å². The standard InChI is InChI=1S/C13H3Br2Cl2F3N4O6/c14-7-6(13(18,19)20)9(16)10(17)8(15)12(7)21-11-4(23(27)28)1-3(22(25)26)2-5(11)24(29)30/h1-2,21H. The number of nitrogens with one attached hydrogen (secondary N) is 1. The third-order valence-electron chi connectivity index (χ3n) is 3.48. The summed E-state index contributed by atoms with van der Waals surface area (Å²) in [6, 6.07) is 0.832. The summed E-state index contributed by atoms with van der Waals surface area (Å²) in [6.07, 6.45) is -5.02. The molecule has 30 heavy (non-hydrogen) atoms. The molecule has 0 aromatic heterocycles. The zero-order valence-corrected chi connectivity index (χ0v) is 18.3. The molecule has 0 fully saturated rings. The van der Waals surface area contributed by atoms with Crippen LogP contribution in [-0.4, -0.2) is 14.8 Å². The monoisotopic (exact) mass is 596 g/mol. The average molecular weight is 599 g/mol. The lowest BCUT2D eigenvalue weighted by molar-refractivity contribution is -0.401. The van der Waals surface area contributed by atoms with Gasteiger partial charge in [0.25, 0.3) is 5.69 Å². The zero-order chi connectivity index (χ0) is 23.1. The average Bonchev–Trinajstić information content (AvgIpc) is 2.61. The fourth-order valence-electron chi connectivity index (χ4n) is 2.24. The predicted octanol–water partition coefficient (Wildman–Crippen LogP) is 7.01. The first-order chi connectivity index (χ1) is 13.7. The number of nitro benzene ring substituents is 3. The molecule has 160 valence electrons. The fourth-order valence-corrected chi connectivity index (χ4v) is 4.43. The van der Waals surface area contributed by atoms with E-state index < -0.39 is 69.5 Å². The van der Waals surface area contributed by atoms with Gasteiger partial charge in [0, 0.05) is 0 Å². The maximum Gasteiger partial charge on any atom is 0.419 e. The van der Waals surface area contributed by atoms with Crippen LogP contribution in [0.15, 0.2) is 21.1 Å². The van der Waals surface area contributed by atoms with Crippen LogP contribution >= 0.6 is 55.1 Å². The Kier molecular flexibility index (Phi) is 6.80. The maximum atomic E-state index is 13.4. The van der Waals surface area contributed by atoms with E-state index in [9.17, 15) is 43.5 Å². The van der Waals surface area contributed by atoms with Gasteiger partial charge in [-0.15, -0.1) is 0 Å². The van der Waals surface area contributed by atoms with Crippen molar-refractivity contribution in [3.05, 3.63) is 67.0 Å². The molecule has 17 heteroatoms. The minimum atomic E-state index is -5.02. The van der Waals surface area contributed by atoms with E-state index in [2.05, 4.69) is 37.2 Å². The Bertz CT molecular complexity index is 1080. The van der Waals surface area contributed by atoms with Gasteiger partial charge in [0.2, 0.25) is 0 Å². The molecule has 10 nitrogen and oxygen atoms in total. The first-order valence-electron chi connectivity index (χ1n) is 6.99. The number of non-ortho nitro benzene ring substituents is 1. The summed E-state index contributed by atoms with van der Waals surface area (Å²) >= 11 is 17.0. The molecule has 0 radical (unpaired) electrons. The number of hydrogen-bond donors (Lipinski definition) is 1. The minimum Gasteiger partial charge on any atom is -0.342 e. The predicted molar refractivity (Wildman–Crippen MR) is 107 cm³/mol. The summed E-state index contributed by atoms with van der Waals surface area (Å²) in [5, 5.41) is 34.2. The lowest BCUT2D eigenvalue weighted by atomic mass is 10.1. The summed E-state index contributed by atoms with van der Waals surface area (Å²) in [5.74, 6) is 0. The van der Waals surface area contributed by atoms with Crippen molar-refractivity contribution in [1.82, 2.24) is 0 Å². The van der Waals surface area contributed by atoms with Crippen LogP contribution in [0.3, 0.4) is 0 Å². The Labute approximate surface area is 189 Å². The third kappa shape index (κ3) is 4.43. The second-order valence-corrected chi connectivity index (χ2v) is 7.60. The second kappa shape index (κ2) is 8.49. The van der Waals surface area contributed by atoms with Crippen LogP contribution in [0.2, 0.25) is 10.0 Å². The van der Waals surface area contributed by atoms with Gasteiger partial charge in [0.15, 0.2) is 5.69 Å². The first-order valence-corrected chi connectivity index (χ1v) is 9.34. The van der Waals surface area contributed by atoms with Crippen molar-refractivity contribution in [2.75, 3.05) is 5.32 Å². The van der Waals surface area contributed by atoms with Crippen molar-refractivity contribution >= 4 is 83.5 Å². The number of alkyl halides is 3. The van der Waals surface area contributed by atoms with E-state index in [0.29, 0.717) is 12.1 Å². The van der Waals surface area contributed by atoms with Crippen molar-refractivity contribution in [3.63, 3.8) is 0 Å². The Hall–Kier alpha value is -2.23.